The number of benzene rings is 2. The number of likely N-dealkylation sites (tertiary alicyclic amines) is 1. The van der Waals surface area contributed by atoms with Crippen LogP contribution in [0.2, 0.25) is 5.02 Å². The highest BCUT2D eigenvalue weighted by atomic mass is 35.5. The number of amides is 2. The van der Waals surface area contributed by atoms with Crippen LogP contribution in [0.3, 0.4) is 0 Å². The van der Waals surface area contributed by atoms with Crippen LogP contribution in [0.15, 0.2) is 53.1 Å². The molecule has 1 atom stereocenters. The Balaban J connectivity index is 1.40. The smallest absolute Gasteiger partial charge is 0.259 e. The number of hydrogen-bond donors (Lipinski definition) is 0. The lowest BCUT2D eigenvalue weighted by Crippen LogP contribution is -2.53. The summed E-state index contributed by atoms with van der Waals surface area (Å²) in [6.45, 7) is 5.81. The van der Waals surface area contributed by atoms with Gasteiger partial charge in [-0.05, 0) is 57.1 Å². The number of nitrogens with zero attached hydrogens (tertiary/aromatic N) is 4. The molecule has 2 amide bonds. The van der Waals surface area contributed by atoms with E-state index < -0.39 is 5.41 Å². The van der Waals surface area contributed by atoms with Crippen molar-refractivity contribution < 1.29 is 23.2 Å². The van der Waals surface area contributed by atoms with E-state index in [0.717, 1.165) is 19.5 Å². The van der Waals surface area contributed by atoms with Crippen LogP contribution in [0, 0.1) is 18.2 Å². The fraction of sp³-hybridized carbons (Fsp3) is 0.433. The maximum absolute atomic E-state index is 14.0. The Morgan fingerprint density at radius 1 is 1.05 bits per heavy atom. The van der Waals surface area contributed by atoms with Gasteiger partial charge in [-0.1, -0.05) is 35.0 Å². The molecule has 2 aromatic carbocycles. The van der Waals surface area contributed by atoms with Crippen LogP contribution in [-0.4, -0.2) is 84.6 Å². The van der Waals surface area contributed by atoms with E-state index in [4.69, 9.17) is 20.9 Å². The second-order valence-electron chi connectivity index (χ2n) is 10.9. The minimum Gasteiger partial charge on any atom is -0.493 e. The van der Waals surface area contributed by atoms with Crippen LogP contribution >= 0.6 is 11.6 Å². The normalized spacial score (nSPS) is 20.0. The molecule has 0 radical (unpaired) electrons. The minimum atomic E-state index is -0.613. The third-order valence-corrected chi connectivity index (χ3v) is 8.22. The molecule has 0 spiro atoms. The van der Waals surface area contributed by atoms with E-state index in [1.807, 2.05) is 30.1 Å². The van der Waals surface area contributed by atoms with Crippen molar-refractivity contribution in [1.82, 2.24) is 19.9 Å². The first-order chi connectivity index (χ1) is 19.2. The molecule has 0 aliphatic carbocycles. The molecule has 2 aliphatic heterocycles. The van der Waals surface area contributed by atoms with E-state index in [9.17, 15) is 14.0 Å². The molecule has 10 heteroatoms. The van der Waals surface area contributed by atoms with Crippen LogP contribution in [0.25, 0.3) is 11.3 Å². The molecule has 2 saturated heterocycles. The highest BCUT2D eigenvalue weighted by Gasteiger charge is 2.42. The number of ether oxygens (including phenoxy) is 1. The van der Waals surface area contributed by atoms with E-state index in [1.54, 1.807) is 30.0 Å². The zero-order chi connectivity index (χ0) is 28.3. The van der Waals surface area contributed by atoms with Gasteiger partial charge < -0.3 is 24.0 Å². The Kier molecular flexibility index (Phi) is 8.42. The number of carbonyl (C=O) groups is 2. The summed E-state index contributed by atoms with van der Waals surface area (Å²) in [4.78, 5) is 33.4. The minimum absolute atomic E-state index is 0.0584. The number of piperazine rings is 1. The number of aryl methyl sites for hydroxylation is 1. The predicted octanol–water partition coefficient (Wildman–Crippen LogP) is 4.91. The van der Waals surface area contributed by atoms with Crippen LogP contribution in [0.5, 0.6) is 5.75 Å². The summed E-state index contributed by atoms with van der Waals surface area (Å²) in [5, 5.41) is 4.65. The van der Waals surface area contributed by atoms with Crippen molar-refractivity contribution in [2.45, 2.75) is 26.2 Å². The topological polar surface area (TPSA) is 79.1 Å². The Labute approximate surface area is 238 Å². The molecule has 0 saturated carbocycles. The van der Waals surface area contributed by atoms with E-state index in [-0.39, 0.29) is 30.7 Å². The monoisotopic (exact) mass is 568 g/mol. The van der Waals surface area contributed by atoms with Gasteiger partial charge in [0.15, 0.2) is 0 Å². The molecule has 5 rings (SSSR count). The van der Waals surface area contributed by atoms with Gasteiger partial charge in [-0.25, -0.2) is 4.39 Å². The molecule has 8 nitrogen and oxygen atoms in total. The number of hydrogen-bond acceptors (Lipinski definition) is 6. The molecule has 3 aromatic rings. The number of piperidine rings is 1. The molecule has 1 aromatic heterocycles. The lowest BCUT2D eigenvalue weighted by atomic mass is 9.77. The molecular weight excluding hydrogens is 535 g/mol. The van der Waals surface area contributed by atoms with Gasteiger partial charge in [0.05, 0.1) is 11.6 Å². The maximum Gasteiger partial charge on any atom is 0.259 e. The van der Waals surface area contributed by atoms with Crippen molar-refractivity contribution in [3.63, 3.8) is 0 Å². The van der Waals surface area contributed by atoms with Gasteiger partial charge in [0.25, 0.3) is 5.91 Å². The van der Waals surface area contributed by atoms with Crippen LogP contribution in [-0.2, 0) is 4.79 Å². The fourth-order valence-electron chi connectivity index (χ4n) is 5.57. The Morgan fingerprint density at radius 2 is 1.77 bits per heavy atom. The molecule has 0 N–H and O–H groups in total. The molecular formula is C30H34ClFN4O4. The first kappa shape index (κ1) is 28.1. The van der Waals surface area contributed by atoms with Crippen LogP contribution in [0.4, 0.5) is 4.39 Å². The van der Waals surface area contributed by atoms with Crippen molar-refractivity contribution >= 4 is 23.4 Å². The Bertz CT molecular complexity index is 1360. The second kappa shape index (κ2) is 12.0. The van der Waals surface area contributed by atoms with E-state index >= 15 is 0 Å². The van der Waals surface area contributed by atoms with Gasteiger partial charge in [0.1, 0.15) is 28.6 Å². The van der Waals surface area contributed by atoms with Crippen LogP contribution in [0.1, 0.15) is 35.4 Å². The standard InChI is InChI=1S/C30H34ClFN4O4/c1-21-27(28(33-40-21)24-6-3-4-7-25(24)31)29(38)36-13-5-12-30(19-36,20-39-23-10-8-22(32)9-11-23)18-26(37)35-16-14-34(2)15-17-35/h3-4,6-11H,5,12-20H2,1-2H3. The van der Waals surface area contributed by atoms with Gasteiger partial charge in [0, 0.05) is 56.7 Å². The first-order valence-corrected chi connectivity index (χ1v) is 14.0. The van der Waals surface area contributed by atoms with E-state index in [1.165, 1.54) is 12.1 Å². The molecule has 40 heavy (non-hydrogen) atoms. The first-order valence-electron chi connectivity index (χ1n) is 13.6. The number of likely N-dealkylation sites (N-methyl/N-ethyl adjacent to an activating group) is 1. The third-order valence-electron chi connectivity index (χ3n) is 7.90. The number of carbonyl (C=O) groups excluding carboxylic acids is 2. The summed E-state index contributed by atoms with van der Waals surface area (Å²) in [7, 11) is 2.05. The summed E-state index contributed by atoms with van der Waals surface area (Å²) in [5.41, 5.74) is 0.782. The highest BCUT2D eigenvalue weighted by molar-refractivity contribution is 6.33. The Morgan fingerprint density at radius 3 is 2.50 bits per heavy atom. The summed E-state index contributed by atoms with van der Waals surface area (Å²) in [6, 6.07) is 13.1. The van der Waals surface area contributed by atoms with Crippen LogP contribution < -0.4 is 4.74 Å². The van der Waals surface area contributed by atoms with Crippen molar-refractivity contribution in [2.24, 2.45) is 5.41 Å². The summed E-state index contributed by atoms with van der Waals surface area (Å²) < 4.78 is 25.1. The molecule has 212 valence electrons. The summed E-state index contributed by atoms with van der Waals surface area (Å²) in [5.74, 6) is 0.425. The summed E-state index contributed by atoms with van der Waals surface area (Å²) in [6.07, 6.45) is 1.68. The summed E-state index contributed by atoms with van der Waals surface area (Å²) >= 11 is 6.43. The lowest BCUT2D eigenvalue weighted by molar-refractivity contribution is -0.137. The van der Waals surface area contributed by atoms with Crippen molar-refractivity contribution in [1.29, 1.82) is 0 Å². The number of halogens is 2. The van der Waals surface area contributed by atoms with Gasteiger partial charge in [-0.15, -0.1) is 0 Å². The van der Waals surface area contributed by atoms with Crippen molar-refractivity contribution in [2.75, 3.05) is 52.9 Å². The quantitative estimate of drug-likeness (QED) is 0.403. The average Bonchev–Trinajstić information content (AvgIpc) is 3.34. The van der Waals surface area contributed by atoms with Gasteiger partial charge in [0.2, 0.25) is 5.91 Å². The number of rotatable bonds is 7. The average molecular weight is 569 g/mol. The third kappa shape index (κ3) is 6.15. The number of aromatic nitrogens is 1. The van der Waals surface area contributed by atoms with Gasteiger partial charge in [-0.3, -0.25) is 9.59 Å². The molecule has 2 fully saturated rings. The molecule has 3 heterocycles. The van der Waals surface area contributed by atoms with Crippen molar-refractivity contribution in [3.05, 3.63) is 70.7 Å². The molecule has 2 aliphatic rings. The molecule has 1 unspecified atom stereocenters. The lowest BCUT2D eigenvalue weighted by Gasteiger charge is -2.43. The zero-order valence-corrected chi connectivity index (χ0v) is 23.6. The SMILES string of the molecule is Cc1onc(-c2ccccc2Cl)c1C(=O)N1CCCC(COc2ccc(F)cc2)(CC(=O)N2CCN(C)CC2)C1. The van der Waals surface area contributed by atoms with E-state index in [2.05, 4.69) is 10.1 Å². The van der Waals surface area contributed by atoms with Crippen molar-refractivity contribution in [3.8, 4) is 17.0 Å². The largest absolute Gasteiger partial charge is 0.493 e. The highest BCUT2D eigenvalue weighted by Crippen LogP contribution is 2.38. The Hall–Kier alpha value is -3.43. The van der Waals surface area contributed by atoms with Gasteiger partial charge in [-0.2, -0.15) is 0 Å². The maximum atomic E-state index is 14.0. The molecule has 0 bridgehead atoms. The van der Waals surface area contributed by atoms with Gasteiger partial charge >= 0.3 is 0 Å². The fourth-order valence-corrected chi connectivity index (χ4v) is 5.79. The zero-order valence-electron chi connectivity index (χ0n) is 22.9. The predicted molar refractivity (Wildman–Crippen MR) is 150 cm³/mol. The van der Waals surface area contributed by atoms with E-state index in [0.29, 0.717) is 66.0 Å². The second-order valence-corrected chi connectivity index (χ2v) is 11.3.